The van der Waals surface area contributed by atoms with E-state index in [4.69, 9.17) is 11.6 Å². The molecule has 0 aliphatic carbocycles. The molecule has 0 bridgehead atoms. The molecule has 35 heavy (non-hydrogen) atoms. The second kappa shape index (κ2) is 9.98. The van der Waals surface area contributed by atoms with E-state index in [9.17, 15) is 9.59 Å². The lowest BCUT2D eigenvalue weighted by molar-refractivity contribution is -0.115. The number of para-hydroxylation sites is 2. The third kappa shape index (κ3) is 4.97. The third-order valence-electron chi connectivity index (χ3n) is 5.88. The van der Waals surface area contributed by atoms with Crippen LogP contribution in [0.1, 0.15) is 17.3 Å². The van der Waals surface area contributed by atoms with E-state index in [1.165, 1.54) is 11.8 Å². The van der Waals surface area contributed by atoms with Crippen LogP contribution in [0.3, 0.4) is 0 Å². The molecule has 1 heterocycles. The van der Waals surface area contributed by atoms with E-state index in [-0.39, 0.29) is 23.5 Å². The van der Waals surface area contributed by atoms with E-state index >= 15 is 0 Å². The Kier molecular flexibility index (Phi) is 6.62. The summed E-state index contributed by atoms with van der Waals surface area (Å²) in [7, 11) is 0. The monoisotopic (exact) mass is 498 g/mol. The molecule has 1 atom stereocenters. The maximum Gasteiger partial charge on any atom is 0.244 e. The van der Waals surface area contributed by atoms with Gasteiger partial charge in [0.15, 0.2) is 0 Å². The standard InChI is InChI=1S/C29H23ClN2O2S/c1-19(29(34)32-26-8-4-2-6-24(26)25-7-3-5-9-27(25)32)35-23-16-14-22(15-17-23)31-28(33)18-20-10-12-21(30)13-11-20/h2-17,19H,18H2,1H3,(H,31,33). The number of halogens is 1. The van der Waals surface area contributed by atoms with E-state index in [2.05, 4.69) is 17.4 Å². The number of amides is 1. The zero-order chi connectivity index (χ0) is 24.4. The van der Waals surface area contributed by atoms with E-state index in [0.717, 1.165) is 38.0 Å². The lowest BCUT2D eigenvalue weighted by Crippen LogP contribution is -2.21. The van der Waals surface area contributed by atoms with E-state index < -0.39 is 0 Å². The molecule has 0 fully saturated rings. The summed E-state index contributed by atoms with van der Waals surface area (Å²) in [6.45, 7) is 1.93. The van der Waals surface area contributed by atoms with Crippen molar-refractivity contribution in [3.63, 3.8) is 0 Å². The molecule has 0 radical (unpaired) electrons. The van der Waals surface area contributed by atoms with Gasteiger partial charge in [-0.25, -0.2) is 0 Å². The van der Waals surface area contributed by atoms with Crippen LogP contribution in [0.2, 0.25) is 5.02 Å². The minimum Gasteiger partial charge on any atom is -0.326 e. The summed E-state index contributed by atoms with van der Waals surface area (Å²) in [5, 5.41) is 5.43. The Morgan fingerprint density at radius 3 is 2.00 bits per heavy atom. The number of thioether (sulfide) groups is 1. The molecular formula is C29H23ClN2O2S. The van der Waals surface area contributed by atoms with Gasteiger partial charge in [-0.2, -0.15) is 0 Å². The Morgan fingerprint density at radius 1 is 0.829 bits per heavy atom. The van der Waals surface area contributed by atoms with Crippen molar-refractivity contribution in [3.8, 4) is 0 Å². The molecule has 1 unspecified atom stereocenters. The Balaban J connectivity index is 1.28. The molecule has 5 rings (SSSR count). The molecule has 5 aromatic rings. The first kappa shape index (κ1) is 23.2. The van der Waals surface area contributed by atoms with E-state index in [1.807, 2.05) is 84.3 Å². The smallest absolute Gasteiger partial charge is 0.244 e. The minimum atomic E-state index is -0.292. The normalized spacial score (nSPS) is 12.1. The van der Waals surface area contributed by atoms with Crippen molar-refractivity contribution < 1.29 is 9.59 Å². The van der Waals surface area contributed by atoms with Gasteiger partial charge >= 0.3 is 0 Å². The zero-order valence-corrected chi connectivity index (χ0v) is 20.6. The highest BCUT2D eigenvalue weighted by molar-refractivity contribution is 8.00. The van der Waals surface area contributed by atoms with Gasteiger partial charge in [0.25, 0.3) is 0 Å². The first-order valence-electron chi connectivity index (χ1n) is 11.3. The number of rotatable bonds is 6. The number of fused-ring (bicyclic) bond motifs is 3. The number of benzene rings is 4. The number of hydrogen-bond acceptors (Lipinski definition) is 3. The highest BCUT2D eigenvalue weighted by Gasteiger charge is 2.21. The molecule has 1 amide bonds. The van der Waals surface area contributed by atoms with Crippen LogP contribution in [-0.2, 0) is 11.2 Å². The maximum absolute atomic E-state index is 13.5. The Morgan fingerprint density at radius 2 is 1.40 bits per heavy atom. The number of nitrogens with zero attached hydrogens (tertiary/aromatic N) is 1. The topological polar surface area (TPSA) is 51.1 Å². The Bertz CT molecular complexity index is 1470. The van der Waals surface area contributed by atoms with Crippen molar-refractivity contribution in [2.45, 2.75) is 23.5 Å². The fourth-order valence-corrected chi connectivity index (χ4v) is 5.24. The molecule has 0 aliphatic rings. The van der Waals surface area contributed by atoms with Gasteiger partial charge in [-0.1, -0.05) is 60.1 Å². The molecule has 1 aromatic heterocycles. The van der Waals surface area contributed by atoms with Crippen molar-refractivity contribution >= 4 is 62.7 Å². The summed E-state index contributed by atoms with van der Waals surface area (Å²) in [5.41, 5.74) is 3.46. The van der Waals surface area contributed by atoms with E-state index in [1.54, 1.807) is 12.1 Å². The van der Waals surface area contributed by atoms with Gasteiger partial charge in [0.2, 0.25) is 11.8 Å². The van der Waals surface area contributed by atoms with Crippen LogP contribution in [0.15, 0.2) is 102 Å². The third-order valence-corrected chi connectivity index (χ3v) is 7.23. The molecule has 0 saturated carbocycles. The van der Waals surface area contributed by atoms with Crippen molar-refractivity contribution in [3.05, 3.63) is 108 Å². The van der Waals surface area contributed by atoms with Crippen molar-refractivity contribution in [1.82, 2.24) is 4.57 Å². The van der Waals surface area contributed by atoms with Crippen LogP contribution < -0.4 is 5.32 Å². The van der Waals surface area contributed by atoms with Gasteiger partial charge in [0, 0.05) is 26.4 Å². The summed E-state index contributed by atoms with van der Waals surface area (Å²) < 4.78 is 1.83. The number of aromatic nitrogens is 1. The minimum absolute atomic E-state index is 0.0349. The average Bonchev–Trinajstić information content (AvgIpc) is 3.20. The molecule has 4 nitrogen and oxygen atoms in total. The van der Waals surface area contributed by atoms with Gasteiger partial charge in [-0.3, -0.25) is 14.2 Å². The van der Waals surface area contributed by atoms with Gasteiger partial charge in [0.1, 0.15) is 0 Å². The van der Waals surface area contributed by atoms with Gasteiger partial charge in [0.05, 0.1) is 22.7 Å². The fraction of sp³-hybridized carbons (Fsp3) is 0.103. The number of anilines is 1. The summed E-state index contributed by atoms with van der Waals surface area (Å²) in [5.74, 6) is -0.0598. The van der Waals surface area contributed by atoms with Crippen molar-refractivity contribution in [2.75, 3.05) is 5.32 Å². The first-order valence-corrected chi connectivity index (χ1v) is 12.6. The van der Waals surface area contributed by atoms with Crippen LogP contribution in [0, 0.1) is 0 Å². The highest BCUT2D eigenvalue weighted by Crippen LogP contribution is 2.32. The molecule has 0 saturated heterocycles. The molecular weight excluding hydrogens is 476 g/mol. The largest absolute Gasteiger partial charge is 0.326 e. The summed E-state index contributed by atoms with van der Waals surface area (Å²) in [4.78, 5) is 26.9. The molecule has 0 spiro atoms. The van der Waals surface area contributed by atoms with Crippen molar-refractivity contribution in [2.24, 2.45) is 0 Å². The van der Waals surface area contributed by atoms with Crippen LogP contribution in [0.5, 0.6) is 0 Å². The summed E-state index contributed by atoms with van der Waals surface area (Å²) >= 11 is 7.41. The molecule has 1 N–H and O–H groups in total. The van der Waals surface area contributed by atoms with Gasteiger partial charge in [-0.15, -0.1) is 11.8 Å². The molecule has 4 aromatic carbocycles. The van der Waals surface area contributed by atoms with Crippen LogP contribution in [0.4, 0.5) is 5.69 Å². The SMILES string of the molecule is CC(Sc1ccc(NC(=O)Cc2ccc(Cl)cc2)cc1)C(=O)n1c2ccccc2c2ccccc21. The van der Waals surface area contributed by atoms with Crippen LogP contribution >= 0.6 is 23.4 Å². The predicted molar refractivity (Wildman–Crippen MR) is 146 cm³/mol. The van der Waals surface area contributed by atoms with Crippen LogP contribution in [0.25, 0.3) is 21.8 Å². The predicted octanol–water partition coefficient (Wildman–Crippen LogP) is 7.45. The maximum atomic E-state index is 13.5. The zero-order valence-electron chi connectivity index (χ0n) is 19.1. The Hall–Kier alpha value is -3.54. The first-order chi connectivity index (χ1) is 17.0. The second-order valence-corrected chi connectivity index (χ2v) is 10.2. The molecule has 6 heteroatoms. The second-order valence-electron chi connectivity index (χ2n) is 8.34. The quantitative estimate of drug-likeness (QED) is 0.247. The van der Waals surface area contributed by atoms with Crippen LogP contribution in [-0.4, -0.2) is 21.6 Å². The average molecular weight is 499 g/mol. The number of hydrogen-bond donors (Lipinski definition) is 1. The van der Waals surface area contributed by atoms with Gasteiger partial charge < -0.3 is 5.32 Å². The lowest BCUT2D eigenvalue weighted by atomic mass is 10.1. The fourth-order valence-electron chi connectivity index (χ4n) is 4.21. The van der Waals surface area contributed by atoms with Crippen molar-refractivity contribution in [1.29, 1.82) is 0 Å². The lowest BCUT2D eigenvalue weighted by Gasteiger charge is -2.14. The summed E-state index contributed by atoms with van der Waals surface area (Å²) in [6, 6.07) is 30.8. The number of carbonyl (C=O) groups excluding carboxylic acids is 2. The van der Waals surface area contributed by atoms with E-state index in [0.29, 0.717) is 5.02 Å². The number of nitrogens with one attached hydrogen (secondary N) is 1. The highest BCUT2D eigenvalue weighted by atomic mass is 35.5. The summed E-state index contributed by atoms with van der Waals surface area (Å²) in [6.07, 6.45) is 0.276. The number of carbonyl (C=O) groups is 2. The van der Waals surface area contributed by atoms with Gasteiger partial charge in [-0.05, 0) is 61.0 Å². The Labute approximate surface area is 212 Å². The molecule has 0 aliphatic heterocycles. The molecule has 174 valence electrons.